The molecule has 1 atom stereocenters. The first-order valence-corrected chi connectivity index (χ1v) is 4.27. The predicted molar refractivity (Wildman–Crippen MR) is 49.8 cm³/mol. The first-order chi connectivity index (χ1) is 5.63. The number of nitrogens with zero attached hydrogens (tertiary/aromatic N) is 1. The van der Waals surface area contributed by atoms with Gasteiger partial charge in [-0.2, -0.15) is 0 Å². The van der Waals surface area contributed by atoms with Crippen LogP contribution in [0.5, 0.6) is 0 Å². The zero-order valence-corrected chi connectivity index (χ0v) is 8.13. The van der Waals surface area contributed by atoms with Crippen molar-refractivity contribution in [1.82, 2.24) is 10.2 Å². The molecule has 0 saturated heterocycles. The number of rotatable bonds is 6. The van der Waals surface area contributed by atoms with Crippen molar-refractivity contribution < 1.29 is 4.79 Å². The minimum absolute atomic E-state index is 0.127. The van der Waals surface area contributed by atoms with Crippen LogP contribution in [-0.4, -0.2) is 44.0 Å². The fraction of sp³-hybridized carbons (Fsp3) is 0.875. The maximum absolute atomic E-state index is 10.9. The van der Waals surface area contributed by atoms with Gasteiger partial charge < -0.3 is 11.1 Å². The van der Waals surface area contributed by atoms with Crippen molar-refractivity contribution >= 4 is 5.91 Å². The quantitative estimate of drug-likeness (QED) is 0.564. The first-order valence-electron chi connectivity index (χ1n) is 4.27. The smallest absolute Gasteiger partial charge is 0.234 e. The third-order valence-electron chi connectivity index (χ3n) is 1.96. The predicted octanol–water partition coefficient (Wildman–Crippen LogP) is -0.598. The fourth-order valence-electron chi connectivity index (χ4n) is 1.17. The van der Waals surface area contributed by atoms with Crippen LogP contribution in [0.1, 0.15) is 13.3 Å². The molecule has 0 aromatic carbocycles. The summed E-state index contributed by atoms with van der Waals surface area (Å²) >= 11 is 0. The Balaban J connectivity index is 3.85. The molecule has 3 N–H and O–H groups in total. The van der Waals surface area contributed by atoms with Crippen LogP contribution < -0.4 is 11.1 Å². The van der Waals surface area contributed by atoms with E-state index in [1.807, 2.05) is 25.9 Å². The van der Waals surface area contributed by atoms with Gasteiger partial charge in [0.2, 0.25) is 5.91 Å². The van der Waals surface area contributed by atoms with Crippen molar-refractivity contribution in [2.75, 3.05) is 27.2 Å². The van der Waals surface area contributed by atoms with Gasteiger partial charge in [-0.25, -0.2) is 0 Å². The first kappa shape index (κ1) is 11.4. The van der Waals surface area contributed by atoms with Crippen molar-refractivity contribution in [3.63, 3.8) is 0 Å². The summed E-state index contributed by atoms with van der Waals surface area (Å²) in [6.45, 7) is 3.68. The lowest BCUT2D eigenvalue weighted by atomic mass is 10.2. The van der Waals surface area contributed by atoms with E-state index in [0.717, 1.165) is 19.5 Å². The zero-order valence-electron chi connectivity index (χ0n) is 8.13. The van der Waals surface area contributed by atoms with Gasteiger partial charge in [-0.1, -0.05) is 6.92 Å². The highest BCUT2D eigenvalue weighted by Gasteiger charge is 2.17. The Morgan fingerprint density at radius 1 is 1.67 bits per heavy atom. The molecule has 72 valence electrons. The van der Waals surface area contributed by atoms with Crippen LogP contribution in [0.3, 0.4) is 0 Å². The summed E-state index contributed by atoms with van der Waals surface area (Å²) in [6.07, 6.45) is 0.773. The van der Waals surface area contributed by atoms with Crippen LogP contribution in [0.25, 0.3) is 0 Å². The molecule has 1 unspecified atom stereocenters. The van der Waals surface area contributed by atoms with Crippen LogP contribution in [0.4, 0.5) is 0 Å². The minimum atomic E-state index is -0.240. The van der Waals surface area contributed by atoms with Crippen molar-refractivity contribution in [3.05, 3.63) is 0 Å². The van der Waals surface area contributed by atoms with Gasteiger partial charge in [0, 0.05) is 13.1 Å². The molecule has 0 aromatic heterocycles. The van der Waals surface area contributed by atoms with Gasteiger partial charge >= 0.3 is 0 Å². The minimum Gasteiger partial charge on any atom is -0.368 e. The Labute approximate surface area is 74.1 Å². The summed E-state index contributed by atoms with van der Waals surface area (Å²) in [5, 5.41) is 3.02. The van der Waals surface area contributed by atoms with E-state index in [2.05, 4.69) is 5.32 Å². The van der Waals surface area contributed by atoms with Crippen molar-refractivity contribution in [3.8, 4) is 0 Å². The highest BCUT2D eigenvalue weighted by atomic mass is 16.1. The van der Waals surface area contributed by atoms with E-state index < -0.39 is 0 Å². The molecule has 0 spiro atoms. The molecule has 12 heavy (non-hydrogen) atoms. The van der Waals surface area contributed by atoms with Gasteiger partial charge in [0.25, 0.3) is 0 Å². The lowest BCUT2D eigenvalue weighted by molar-refractivity contribution is -0.122. The van der Waals surface area contributed by atoms with Gasteiger partial charge in [0.15, 0.2) is 0 Å². The summed E-state index contributed by atoms with van der Waals surface area (Å²) in [4.78, 5) is 12.9. The number of carbonyl (C=O) groups is 1. The summed E-state index contributed by atoms with van der Waals surface area (Å²) in [6, 6.07) is -0.127. The molecule has 0 saturated carbocycles. The number of likely N-dealkylation sites (N-methyl/N-ethyl adjacent to an activating group) is 2. The van der Waals surface area contributed by atoms with E-state index in [1.54, 1.807) is 0 Å². The monoisotopic (exact) mass is 173 g/mol. The van der Waals surface area contributed by atoms with Crippen LogP contribution in [0, 0.1) is 0 Å². The van der Waals surface area contributed by atoms with E-state index in [0.29, 0.717) is 0 Å². The topological polar surface area (TPSA) is 58.4 Å². The molecule has 0 aromatic rings. The molecule has 0 bridgehead atoms. The molecule has 0 fully saturated rings. The van der Waals surface area contributed by atoms with E-state index >= 15 is 0 Å². The van der Waals surface area contributed by atoms with Gasteiger partial charge in [0.1, 0.15) is 0 Å². The lowest BCUT2D eigenvalue weighted by Gasteiger charge is -2.23. The zero-order chi connectivity index (χ0) is 9.56. The third-order valence-corrected chi connectivity index (χ3v) is 1.96. The SMILES string of the molecule is CCC(C(N)=O)N(C)CCNC. The van der Waals surface area contributed by atoms with E-state index in [9.17, 15) is 4.79 Å². The number of hydrogen-bond acceptors (Lipinski definition) is 3. The molecule has 0 aliphatic rings. The van der Waals surface area contributed by atoms with Crippen LogP contribution >= 0.6 is 0 Å². The summed E-state index contributed by atoms with van der Waals surface area (Å²) in [5.74, 6) is -0.240. The second-order valence-corrected chi connectivity index (χ2v) is 2.91. The second kappa shape index (κ2) is 5.97. The molecule has 4 nitrogen and oxygen atoms in total. The van der Waals surface area contributed by atoms with E-state index in [1.165, 1.54) is 0 Å². The number of carbonyl (C=O) groups excluding carboxylic acids is 1. The summed E-state index contributed by atoms with van der Waals surface area (Å²) < 4.78 is 0. The molecule has 0 radical (unpaired) electrons. The summed E-state index contributed by atoms with van der Waals surface area (Å²) in [5.41, 5.74) is 5.22. The highest BCUT2D eigenvalue weighted by Crippen LogP contribution is 1.99. The normalized spacial score (nSPS) is 13.3. The Hall–Kier alpha value is -0.610. The second-order valence-electron chi connectivity index (χ2n) is 2.91. The Morgan fingerprint density at radius 3 is 2.58 bits per heavy atom. The molecule has 4 heteroatoms. The number of nitrogens with two attached hydrogens (primary N) is 1. The number of primary amides is 1. The van der Waals surface area contributed by atoms with Gasteiger partial charge in [0.05, 0.1) is 6.04 Å². The van der Waals surface area contributed by atoms with Gasteiger partial charge in [-0.3, -0.25) is 9.69 Å². The molecule has 0 aliphatic heterocycles. The average molecular weight is 173 g/mol. The number of nitrogens with one attached hydrogen (secondary N) is 1. The van der Waals surface area contributed by atoms with Gasteiger partial charge in [-0.05, 0) is 20.5 Å². The van der Waals surface area contributed by atoms with Crippen molar-refractivity contribution in [1.29, 1.82) is 0 Å². The molecule has 0 rings (SSSR count). The van der Waals surface area contributed by atoms with Crippen LogP contribution in [0.2, 0.25) is 0 Å². The maximum atomic E-state index is 10.9. The Kier molecular flexibility index (Phi) is 5.66. The van der Waals surface area contributed by atoms with Crippen LogP contribution in [-0.2, 0) is 4.79 Å². The molecular weight excluding hydrogens is 154 g/mol. The Bertz CT molecular complexity index is 138. The maximum Gasteiger partial charge on any atom is 0.234 e. The third kappa shape index (κ3) is 3.69. The number of amides is 1. The molecule has 0 aliphatic carbocycles. The Morgan fingerprint density at radius 2 is 2.25 bits per heavy atom. The van der Waals surface area contributed by atoms with Crippen molar-refractivity contribution in [2.45, 2.75) is 19.4 Å². The standard InChI is InChI=1S/C8H19N3O/c1-4-7(8(9)12)11(3)6-5-10-2/h7,10H,4-6H2,1-3H3,(H2,9,12). The largest absolute Gasteiger partial charge is 0.368 e. The lowest BCUT2D eigenvalue weighted by Crippen LogP contribution is -2.44. The van der Waals surface area contributed by atoms with E-state index in [4.69, 9.17) is 5.73 Å². The summed E-state index contributed by atoms with van der Waals surface area (Å²) in [7, 11) is 3.80. The van der Waals surface area contributed by atoms with Crippen LogP contribution in [0.15, 0.2) is 0 Å². The molecule has 1 amide bonds. The van der Waals surface area contributed by atoms with Crippen molar-refractivity contribution in [2.24, 2.45) is 5.73 Å². The highest BCUT2D eigenvalue weighted by molar-refractivity contribution is 5.79. The fourth-order valence-corrected chi connectivity index (χ4v) is 1.17. The molecular formula is C8H19N3O. The van der Waals surface area contributed by atoms with E-state index in [-0.39, 0.29) is 11.9 Å². The number of hydrogen-bond donors (Lipinski definition) is 2. The van der Waals surface area contributed by atoms with Gasteiger partial charge in [-0.15, -0.1) is 0 Å². The molecule has 0 heterocycles. The average Bonchev–Trinajstić information content (AvgIpc) is 2.01.